The number of hydrogen-bond donors (Lipinski definition) is 0. The fraction of sp³-hybridized carbons (Fsp3) is 0.214. The summed E-state index contributed by atoms with van der Waals surface area (Å²) in [6.45, 7) is 0.442. The van der Waals surface area contributed by atoms with E-state index >= 15 is 0 Å². The molecule has 0 bridgehead atoms. The number of aliphatic imine (C=N–C) groups is 1. The fourth-order valence-electron chi connectivity index (χ4n) is 1.51. The Morgan fingerprint density at radius 3 is 2.60 bits per heavy atom. The first-order valence-corrected chi connectivity index (χ1v) is 6.11. The quantitative estimate of drug-likeness (QED) is 0.620. The first kappa shape index (κ1) is 13.8. The maximum atomic E-state index is 11.6. The summed E-state index contributed by atoms with van der Waals surface area (Å²) in [4.78, 5) is 28.3. The Morgan fingerprint density at radius 1 is 1.15 bits per heavy atom. The first-order chi connectivity index (χ1) is 9.77. The molecule has 0 saturated carbocycles. The second-order valence-corrected chi connectivity index (χ2v) is 3.92. The first-order valence-electron chi connectivity index (χ1n) is 6.11. The Bertz CT molecular complexity index is 525. The van der Waals surface area contributed by atoms with Crippen LogP contribution < -0.4 is 0 Å². The molecule has 6 nitrogen and oxygen atoms in total. The highest BCUT2D eigenvalue weighted by Crippen LogP contribution is 2.01. The Morgan fingerprint density at radius 2 is 1.90 bits per heavy atom. The number of amides is 1. The standard InChI is InChI=1S/C14H14N2O4/c17-13(12-5-2-1-3-6-12)19-9-10-20-14(18)16-8-4-7-15-11-16/h1-7,11H,8-10H2. The van der Waals surface area contributed by atoms with E-state index < -0.39 is 12.1 Å². The van der Waals surface area contributed by atoms with E-state index in [1.807, 2.05) is 6.07 Å². The molecule has 104 valence electrons. The summed E-state index contributed by atoms with van der Waals surface area (Å²) >= 11 is 0. The van der Waals surface area contributed by atoms with Crippen LogP contribution in [0.15, 0.2) is 47.6 Å². The van der Waals surface area contributed by atoms with Gasteiger partial charge in [-0.05, 0) is 18.2 Å². The van der Waals surface area contributed by atoms with E-state index in [-0.39, 0.29) is 13.2 Å². The zero-order chi connectivity index (χ0) is 14.2. The third-order valence-corrected chi connectivity index (χ3v) is 2.49. The van der Waals surface area contributed by atoms with Gasteiger partial charge in [0.1, 0.15) is 19.6 Å². The van der Waals surface area contributed by atoms with Gasteiger partial charge in [-0.25, -0.2) is 14.6 Å². The molecule has 0 atom stereocenters. The zero-order valence-electron chi connectivity index (χ0n) is 10.8. The number of ether oxygens (including phenoxy) is 2. The molecular formula is C14H14N2O4. The van der Waals surface area contributed by atoms with Crippen molar-refractivity contribution in [2.75, 3.05) is 19.8 Å². The summed E-state index contributed by atoms with van der Waals surface area (Å²) < 4.78 is 9.94. The van der Waals surface area contributed by atoms with Gasteiger partial charge in [0.25, 0.3) is 0 Å². The highest BCUT2D eigenvalue weighted by Gasteiger charge is 2.13. The molecule has 0 saturated heterocycles. The maximum Gasteiger partial charge on any atom is 0.415 e. The van der Waals surface area contributed by atoms with Crippen molar-refractivity contribution in [3.05, 3.63) is 48.2 Å². The number of carbonyl (C=O) groups is 2. The second kappa shape index (κ2) is 7.08. The number of esters is 1. The molecule has 0 N–H and O–H groups in total. The minimum atomic E-state index is -0.520. The van der Waals surface area contributed by atoms with E-state index in [2.05, 4.69) is 4.99 Å². The number of hydrogen-bond acceptors (Lipinski definition) is 5. The van der Waals surface area contributed by atoms with Crippen molar-refractivity contribution in [3.63, 3.8) is 0 Å². The minimum absolute atomic E-state index is 0.00542. The molecule has 1 heterocycles. The van der Waals surface area contributed by atoms with Crippen LogP contribution in [0.5, 0.6) is 0 Å². The lowest BCUT2D eigenvalue weighted by Crippen LogP contribution is -2.32. The number of nitrogens with zero attached hydrogens (tertiary/aromatic N) is 2. The van der Waals surface area contributed by atoms with Crippen LogP contribution in [0.1, 0.15) is 10.4 Å². The second-order valence-electron chi connectivity index (χ2n) is 3.92. The van der Waals surface area contributed by atoms with Gasteiger partial charge in [-0.1, -0.05) is 18.2 Å². The Kier molecular flexibility index (Phi) is 4.88. The highest BCUT2D eigenvalue weighted by molar-refractivity contribution is 5.89. The van der Waals surface area contributed by atoms with Crippen molar-refractivity contribution in [3.8, 4) is 0 Å². The molecule has 2 rings (SSSR count). The molecule has 1 aliphatic heterocycles. The number of rotatable bonds is 4. The van der Waals surface area contributed by atoms with Crippen LogP contribution >= 0.6 is 0 Å². The molecule has 6 heteroatoms. The number of benzene rings is 1. The molecule has 0 radical (unpaired) electrons. The molecule has 0 aromatic heterocycles. The monoisotopic (exact) mass is 274 g/mol. The summed E-state index contributed by atoms with van der Waals surface area (Å²) in [7, 11) is 0. The molecule has 0 unspecified atom stereocenters. The summed E-state index contributed by atoms with van der Waals surface area (Å²) in [6, 6.07) is 8.63. The van der Waals surface area contributed by atoms with Gasteiger partial charge in [-0.3, -0.25) is 4.90 Å². The van der Waals surface area contributed by atoms with Gasteiger partial charge >= 0.3 is 12.1 Å². The Hall–Kier alpha value is -2.63. The van der Waals surface area contributed by atoms with Crippen LogP contribution in [-0.4, -0.2) is 43.1 Å². The van der Waals surface area contributed by atoms with Gasteiger partial charge in [0.15, 0.2) is 0 Å². The normalized spacial score (nSPS) is 13.1. The lowest BCUT2D eigenvalue weighted by Gasteiger charge is -2.16. The summed E-state index contributed by atoms with van der Waals surface area (Å²) in [5.41, 5.74) is 0.465. The van der Waals surface area contributed by atoms with Gasteiger partial charge in [-0.15, -0.1) is 0 Å². The third kappa shape index (κ3) is 3.94. The van der Waals surface area contributed by atoms with Gasteiger partial charge in [0, 0.05) is 12.7 Å². The van der Waals surface area contributed by atoms with Crippen LogP contribution in [-0.2, 0) is 9.47 Å². The van der Waals surface area contributed by atoms with Gasteiger partial charge < -0.3 is 9.47 Å². The summed E-state index contributed by atoms with van der Waals surface area (Å²) in [5.74, 6) is -0.441. The van der Waals surface area contributed by atoms with Crippen molar-refractivity contribution < 1.29 is 19.1 Å². The van der Waals surface area contributed by atoms with E-state index in [0.29, 0.717) is 12.1 Å². The maximum absolute atomic E-state index is 11.6. The SMILES string of the molecule is O=C(OCCOC(=O)N1C=NC=CC1)c1ccccc1. The van der Waals surface area contributed by atoms with E-state index in [1.165, 1.54) is 11.2 Å². The van der Waals surface area contributed by atoms with Crippen LogP contribution in [0.3, 0.4) is 0 Å². The van der Waals surface area contributed by atoms with E-state index in [1.54, 1.807) is 36.5 Å². The molecule has 0 spiro atoms. The zero-order valence-corrected chi connectivity index (χ0v) is 10.8. The van der Waals surface area contributed by atoms with Crippen molar-refractivity contribution in [1.29, 1.82) is 0 Å². The predicted octanol–water partition coefficient (Wildman–Crippen LogP) is 1.84. The summed E-state index contributed by atoms with van der Waals surface area (Å²) in [5, 5.41) is 0. The average Bonchev–Trinajstić information content (AvgIpc) is 2.53. The van der Waals surface area contributed by atoms with E-state index in [0.717, 1.165) is 0 Å². The van der Waals surface area contributed by atoms with Crippen molar-refractivity contribution in [2.45, 2.75) is 0 Å². The molecule has 0 fully saturated rings. The van der Waals surface area contributed by atoms with E-state index in [9.17, 15) is 9.59 Å². The molecule has 1 aromatic rings. The Labute approximate surface area is 116 Å². The van der Waals surface area contributed by atoms with Gasteiger partial charge in [0.05, 0.1) is 5.56 Å². The topological polar surface area (TPSA) is 68.2 Å². The molecule has 1 aromatic carbocycles. The third-order valence-electron chi connectivity index (χ3n) is 2.49. The van der Waals surface area contributed by atoms with Crippen LogP contribution in [0.4, 0.5) is 4.79 Å². The van der Waals surface area contributed by atoms with Crippen LogP contribution in [0.2, 0.25) is 0 Å². The average molecular weight is 274 g/mol. The van der Waals surface area contributed by atoms with Crippen LogP contribution in [0, 0.1) is 0 Å². The lowest BCUT2D eigenvalue weighted by molar-refractivity contribution is 0.0383. The minimum Gasteiger partial charge on any atom is -0.458 e. The van der Waals surface area contributed by atoms with E-state index in [4.69, 9.17) is 9.47 Å². The van der Waals surface area contributed by atoms with Crippen molar-refractivity contribution >= 4 is 18.4 Å². The smallest absolute Gasteiger partial charge is 0.415 e. The van der Waals surface area contributed by atoms with Gasteiger partial charge in [-0.2, -0.15) is 0 Å². The lowest BCUT2D eigenvalue weighted by atomic mass is 10.2. The van der Waals surface area contributed by atoms with Crippen LogP contribution in [0.25, 0.3) is 0 Å². The molecule has 0 aliphatic carbocycles. The Balaban J connectivity index is 1.66. The van der Waals surface area contributed by atoms with Crippen molar-refractivity contribution in [2.24, 2.45) is 4.99 Å². The molecule has 1 aliphatic rings. The molecular weight excluding hydrogens is 260 g/mol. The number of carbonyl (C=O) groups excluding carboxylic acids is 2. The predicted molar refractivity (Wildman–Crippen MR) is 72.4 cm³/mol. The van der Waals surface area contributed by atoms with Crippen molar-refractivity contribution in [1.82, 2.24) is 4.90 Å². The molecule has 1 amide bonds. The highest BCUT2D eigenvalue weighted by atomic mass is 16.6. The largest absolute Gasteiger partial charge is 0.458 e. The summed E-state index contributed by atoms with van der Waals surface area (Å²) in [6.07, 6.45) is 4.20. The van der Waals surface area contributed by atoms with Gasteiger partial charge in [0.2, 0.25) is 0 Å². The molecule has 20 heavy (non-hydrogen) atoms. The fourth-order valence-corrected chi connectivity index (χ4v) is 1.51.